The standard InChI is InChI=1S/C22H23ClN6O2/c1-24-21(30)15-9-16(12-3-4-12)26-20-18(15)19(27-28(20)2)14-7-8-29(11-14)22(31)13-5-6-17(23)25-10-13/h5-6,9-10,12,14H,3-4,7-8,11H2,1-2H3,(H,24,30). The third-order valence-corrected chi connectivity index (χ3v) is 6.37. The van der Waals surface area contributed by atoms with Crippen molar-refractivity contribution in [3.8, 4) is 0 Å². The van der Waals surface area contributed by atoms with E-state index < -0.39 is 0 Å². The van der Waals surface area contributed by atoms with Crippen LogP contribution in [0.4, 0.5) is 0 Å². The maximum absolute atomic E-state index is 12.9. The lowest BCUT2D eigenvalue weighted by Crippen LogP contribution is -2.28. The molecular formula is C22H23ClN6O2. The average Bonchev–Trinajstić information content (AvgIpc) is 3.43. The highest BCUT2D eigenvalue weighted by atomic mass is 35.5. The van der Waals surface area contributed by atoms with E-state index in [1.54, 1.807) is 23.9 Å². The molecular weight excluding hydrogens is 416 g/mol. The summed E-state index contributed by atoms with van der Waals surface area (Å²) in [5.74, 6) is 0.248. The number of fused-ring (bicyclic) bond motifs is 1. The number of rotatable bonds is 4. The summed E-state index contributed by atoms with van der Waals surface area (Å²) in [4.78, 5) is 36.3. The minimum atomic E-state index is -0.137. The predicted molar refractivity (Wildman–Crippen MR) is 116 cm³/mol. The van der Waals surface area contributed by atoms with Crippen molar-refractivity contribution in [3.63, 3.8) is 0 Å². The van der Waals surface area contributed by atoms with Gasteiger partial charge in [-0.3, -0.25) is 14.3 Å². The van der Waals surface area contributed by atoms with E-state index in [0.29, 0.717) is 35.3 Å². The normalized spacial score (nSPS) is 18.5. The number of aryl methyl sites for hydroxylation is 1. The number of nitrogens with one attached hydrogen (secondary N) is 1. The number of hydrogen-bond acceptors (Lipinski definition) is 5. The van der Waals surface area contributed by atoms with Crippen molar-refractivity contribution in [1.82, 2.24) is 30.0 Å². The van der Waals surface area contributed by atoms with Gasteiger partial charge in [0, 0.05) is 50.9 Å². The minimum Gasteiger partial charge on any atom is -0.355 e. The molecule has 2 aliphatic rings. The Morgan fingerprint density at radius 1 is 1.19 bits per heavy atom. The Morgan fingerprint density at radius 3 is 2.68 bits per heavy atom. The molecule has 31 heavy (non-hydrogen) atoms. The van der Waals surface area contributed by atoms with Gasteiger partial charge in [-0.1, -0.05) is 11.6 Å². The number of carbonyl (C=O) groups excluding carboxylic acids is 2. The van der Waals surface area contributed by atoms with Crippen LogP contribution in [-0.2, 0) is 7.05 Å². The van der Waals surface area contributed by atoms with Gasteiger partial charge in [0.05, 0.1) is 22.2 Å². The van der Waals surface area contributed by atoms with Crippen LogP contribution in [0.25, 0.3) is 11.0 Å². The Bertz CT molecular complexity index is 1180. The molecule has 1 atom stereocenters. The van der Waals surface area contributed by atoms with Crippen LogP contribution >= 0.6 is 11.6 Å². The monoisotopic (exact) mass is 438 g/mol. The summed E-state index contributed by atoms with van der Waals surface area (Å²) in [5.41, 5.74) is 3.64. The van der Waals surface area contributed by atoms with Crippen molar-refractivity contribution in [1.29, 1.82) is 0 Å². The van der Waals surface area contributed by atoms with Gasteiger partial charge in [0.15, 0.2) is 5.65 Å². The summed E-state index contributed by atoms with van der Waals surface area (Å²) in [6.45, 7) is 1.15. The number of nitrogens with zero attached hydrogens (tertiary/aromatic N) is 5. The molecule has 2 amide bonds. The van der Waals surface area contributed by atoms with E-state index in [9.17, 15) is 9.59 Å². The Labute approximate surface area is 184 Å². The van der Waals surface area contributed by atoms with Crippen molar-refractivity contribution >= 4 is 34.4 Å². The molecule has 2 fully saturated rings. The Hall–Kier alpha value is -3.00. The van der Waals surface area contributed by atoms with Crippen molar-refractivity contribution < 1.29 is 9.59 Å². The lowest BCUT2D eigenvalue weighted by molar-refractivity contribution is 0.0790. The first kappa shape index (κ1) is 19.9. The van der Waals surface area contributed by atoms with E-state index in [0.717, 1.165) is 41.7 Å². The molecule has 0 spiro atoms. The largest absolute Gasteiger partial charge is 0.355 e. The molecule has 0 bridgehead atoms. The summed E-state index contributed by atoms with van der Waals surface area (Å²) < 4.78 is 1.76. The zero-order valence-corrected chi connectivity index (χ0v) is 18.2. The van der Waals surface area contributed by atoms with Gasteiger partial charge in [-0.2, -0.15) is 5.10 Å². The topological polar surface area (TPSA) is 93.0 Å². The summed E-state index contributed by atoms with van der Waals surface area (Å²) in [7, 11) is 3.50. The average molecular weight is 439 g/mol. The van der Waals surface area contributed by atoms with Crippen molar-refractivity contribution in [3.05, 3.63) is 52.1 Å². The maximum Gasteiger partial charge on any atom is 0.255 e. The van der Waals surface area contributed by atoms with Crippen LogP contribution in [0.2, 0.25) is 5.15 Å². The van der Waals surface area contributed by atoms with E-state index in [2.05, 4.69) is 10.3 Å². The summed E-state index contributed by atoms with van der Waals surface area (Å²) in [6.07, 6.45) is 4.49. The number of likely N-dealkylation sites (tertiary alicyclic amines) is 1. The summed E-state index contributed by atoms with van der Waals surface area (Å²) >= 11 is 5.84. The van der Waals surface area contributed by atoms with Gasteiger partial charge in [-0.15, -0.1) is 0 Å². The Kier molecular flexibility index (Phi) is 4.89. The molecule has 0 radical (unpaired) electrons. The van der Waals surface area contributed by atoms with E-state index >= 15 is 0 Å². The van der Waals surface area contributed by atoms with E-state index in [4.69, 9.17) is 21.7 Å². The number of hydrogen-bond donors (Lipinski definition) is 1. The highest BCUT2D eigenvalue weighted by Gasteiger charge is 2.34. The molecule has 1 aliphatic heterocycles. The number of pyridine rings is 2. The van der Waals surface area contributed by atoms with Crippen molar-refractivity contribution in [2.24, 2.45) is 7.05 Å². The molecule has 3 aromatic rings. The maximum atomic E-state index is 12.9. The fraction of sp³-hybridized carbons (Fsp3) is 0.409. The third kappa shape index (κ3) is 3.54. The van der Waals surface area contributed by atoms with Crippen LogP contribution in [0.15, 0.2) is 24.4 Å². The van der Waals surface area contributed by atoms with Crippen molar-refractivity contribution in [2.75, 3.05) is 20.1 Å². The molecule has 4 heterocycles. The fourth-order valence-electron chi connectivity index (χ4n) is 4.34. The summed E-state index contributed by atoms with van der Waals surface area (Å²) in [5, 5.41) is 8.66. The molecule has 1 unspecified atom stereocenters. The molecule has 0 aromatic carbocycles. The van der Waals surface area contributed by atoms with Gasteiger partial charge in [-0.25, -0.2) is 9.97 Å². The first-order valence-corrected chi connectivity index (χ1v) is 10.8. The zero-order chi connectivity index (χ0) is 21.7. The minimum absolute atomic E-state index is 0.0323. The van der Waals surface area contributed by atoms with Gasteiger partial charge in [0.2, 0.25) is 0 Å². The second-order valence-electron chi connectivity index (χ2n) is 8.26. The molecule has 3 aromatic heterocycles. The zero-order valence-electron chi connectivity index (χ0n) is 17.4. The molecule has 1 aliphatic carbocycles. The van der Waals surface area contributed by atoms with E-state index in [1.807, 2.05) is 18.0 Å². The second kappa shape index (κ2) is 7.60. The highest BCUT2D eigenvalue weighted by Crippen LogP contribution is 2.41. The van der Waals surface area contributed by atoms with Crippen LogP contribution in [0.1, 0.15) is 63.2 Å². The predicted octanol–water partition coefficient (Wildman–Crippen LogP) is 2.88. The smallest absolute Gasteiger partial charge is 0.255 e. The van der Waals surface area contributed by atoms with E-state index in [-0.39, 0.29) is 17.7 Å². The van der Waals surface area contributed by atoms with Crippen LogP contribution in [-0.4, -0.2) is 56.6 Å². The number of carbonyl (C=O) groups is 2. The number of amides is 2. The molecule has 1 saturated heterocycles. The third-order valence-electron chi connectivity index (χ3n) is 6.14. The molecule has 8 nitrogen and oxygen atoms in total. The van der Waals surface area contributed by atoms with E-state index in [1.165, 1.54) is 6.20 Å². The van der Waals surface area contributed by atoms with Crippen LogP contribution in [0.3, 0.4) is 0 Å². The molecule has 5 rings (SSSR count). The van der Waals surface area contributed by atoms with Crippen LogP contribution < -0.4 is 5.32 Å². The van der Waals surface area contributed by atoms with Gasteiger partial charge < -0.3 is 10.2 Å². The Balaban J connectivity index is 1.50. The lowest BCUT2D eigenvalue weighted by Gasteiger charge is -2.16. The lowest BCUT2D eigenvalue weighted by atomic mass is 9.98. The first-order chi connectivity index (χ1) is 15.0. The van der Waals surface area contributed by atoms with Gasteiger partial charge in [-0.05, 0) is 37.5 Å². The number of halogens is 1. The SMILES string of the molecule is CNC(=O)c1cc(C2CC2)nc2c1c(C1CCN(C(=O)c3ccc(Cl)nc3)C1)nn2C. The van der Waals surface area contributed by atoms with Gasteiger partial charge in [0.1, 0.15) is 5.15 Å². The molecule has 1 saturated carbocycles. The Morgan fingerprint density at radius 2 is 2.00 bits per heavy atom. The van der Waals surface area contributed by atoms with Crippen molar-refractivity contribution in [2.45, 2.75) is 31.1 Å². The number of aromatic nitrogens is 4. The van der Waals surface area contributed by atoms with Crippen LogP contribution in [0.5, 0.6) is 0 Å². The highest BCUT2D eigenvalue weighted by molar-refractivity contribution is 6.29. The molecule has 9 heteroatoms. The quantitative estimate of drug-likeness (QED) is 0.632. The van der Waals surface area contributed by atoms with Gasteiger partial charge >= 0.3 is 0 Å². The summed E-state index contributed by atoms with van der Waals surface area (Å²) in [6, 6.07) is 5.23. The second-order valence-corrected chi connectivity index (χ2v) is 8.65. The van der Waals surface area contributed by atoms with Crippen LogP contribution in [0, 0.1) is 0 Å². The molecule has 160 valence electrons. The van der Waals surface area contributed by atoms with Gasteiger partial charge in [0.25, 0.3) is 11.8 Å². The first-order valence-electron chi connectivity index (χ1n) is 10.5. The molecule has 1 N–H and O–H groups in total. The fourth-order valence-corrected chi connectivity index (χ4v) is 4.45.